The molecule has 0 atom stereocenters. The van der Waals surface area contributed by atoms with Crippen molar-refractivity contribution in [3.05, 3.63) is 206 Å². The van der Waals surface area contributed by atoms with E-state index in [0.717, 1.165) is 5.69 Å². The minimum Gasteiger partial charge on any atom is -0.309 e. The molecule has 57 heavy (non-hydrogen) atoms. The number of para-hydroxylation sites is 4. The van der Waals surface area contributed by atoms with Gasteiger partial charge in [-0.15, -0.1) is 11.3 Å². The van der Waals surface area contributed by atoms with E-state index in [1.54, 1.807) is 0 Å². The molecule has 12 aromatic rings. The number of hydrogen-bond acceptors (Lipinski definition) is 1. The second kappa shape index (κ2) is 12.7. The normalized spacial score (nSPS) is 11.9. The lowest BCUT2D eigenvalue weighted by Crippen LogP contribution is -1.96. The van der Waals surface area contributed by atoms with Crippen LogP contribution in [0.3, 0.4) is 0 Å². The number of fused-ring (bicyclic) bond motifs is 9. The van der Waals surface area contributed by atoms with Gasteiger partial charge < -0.3 is 9.13 Å². The van der Waals surface area contributed by atoms with Crippen molar-refractivity contribution in [1.82, 2.24) is 9.13 Å². The summed E-state index contributed by atoms with van der Waals surface area (Å²) >= 11 is 1.87. The molecule has 0 unspecified atom stereocenters. The molecular formula is C54H34N2S. The largest absolute Gasteiger partial charge is 0.309 e. The topological polar surface area (TPSA) is 9.86 Å². The highest BCUT2D eigenvalue weighted by molar-refractivity contribution is 7.25. The van der Waals surface area contributed by atoms with Crippen LogP contribution < -0.4 is 0 Å². The Morgan fingerprint density at radius 2 is 0.719 bits per heavy atom. The van der Waals surface area contributed by atoms with Crippen LogP contribution in [0.2, 0.25) is 0 Å². The number of hydrogen-bond donors (Lipinski definition) is 0. The van der Waals surface area contributed by atoms with Crippen molar-refractivity contribution in [1.29, 1.82) is 0 Å². The molecule has 0 radical (unpaired) electrons. The van der Waals surface area contributed by atoms with E-state index in [1.165, 1.54) is 103 Å². The number of aromatic nitrogens is 2. The number of thiophene rings is 1. The molecule has 0 saturated heterocycles. The summed E-state index contributed by atoms with van der Waals surface area (Å²) in [6, 6.07) is 75.8. The highest BCUT2D eigenvalue weighted by atomic mass is 32.1. The van der Waals surface area contributed by atoms with Crippen LogP contribution in [0, 0.1) is 0 Å². The molecule has 0 amide bonds. The van der Waals surface area contributed by atoms with Crippen molar-refractivity contribution in [2.24, 2.45) is 0 Å². The minimum absolute atomic E-state index is 1.16. The van der Waals surface area contributed by atoms with E-state index in [-0.39, 0.29) is 0 Å². The van der Waals surface area contributed by atoms with Gasteiger partial charge in [0.05, 0.1) is 22.1 Å². The maximum atomic E-state index is 2.50. The van der Waals surface area contributed by atoms with E-state index >= 15 is 0 Å². The van der Waals surface area contributed by atoms with Crippen molar-refractivity contribution in [3.63, 3.8) is 0 Å². The third-order valence-electron chi connectivity index (χ3n) is 11.7. The molecule has 3 aromatic heterocycles. The molecular weight excluding hydrogens is 709 g/mol. The molecule has 2 nitrogen and oxygen atoms in total. The summed E-state index contributed by atoms with van der Waals surface area (Å²) in [6.45, 7) is 0. The first-order valence-corrected chi connectivity index (χ1v) is 20.3. The molecule has 0 spiro atoms. The van der Waals surface area contributed by atoms with Gasteiger partial charge in [0.25, 0.3) is 0 Å². The molecule has 9 aromatic carbocycles. The Labute approximate surface area is 333 Å². The van der Waals surface area contributed by atoms with Crippen molar-refractivity contribution >= 4 is 75.1 Å². The maximum absolute atomic E-state index is 2.50. The van der Waals surface area contributed by atoms with Crippen molar-refractivity contribution in [2.45, 2.75) is 0 Å². The average molecular weight is 743 g/mol. The second-order valence-electron chi connectivity index (χ2n) is 14.9. The Hall–Kier alpha value is -7.20. The quantitative estimate of drug-likeness (QED) is 0.166. The van der Waals surface area contributed by atoms with Crippen LogP contribution >= 0.6 is 11.3 Å². The summed E-state index contributed by atoms with van der Waals surface area (Å²) in [7, 11) is 0. The standard InChI is InChI=1S/C54H34N2S/c1-3-14-35(15-4-1)37-30-38(36-16-5-2-6-17-36)32-39(31-37)42-21-13-22-46-45-20-9-12-25-51(45)56(54(42)46)41-27-29-53-48(34-41)47-33-40(26-28-52(47)57-53)55-49-23-10-7-18-43(49)44-19-8-11-24-50(44)55/h1-34H. The molecule has 12 rings (SSSR count). The van der Waals surface area contributed by atoms with Crippen molar-refractivity contribution < 1.29 is 0 Å². The minimum atomic E-state index is 1.16. The average Bonchev–Trinajstić information content (AvgIpc) is 3.94. The fourth-order valence-electron chi connectivity index (χ4n) is 9.13. The summed E-state index contributed by atoms with van der Waals surface area (Å²) in [6.07, 6.45) is 0. The van der Waals surface area contributed by atoms with E-state index in [4.69, 9.17) is 0 Å². The third-order valence-corrected chi connectivity index (χ3v) is 12.8. The summed E-state index contributed by atoms with van der Waals surface area (Å²) in [5.41, 5.74) is 14.4. The molecule has 0 aliphatic carbocycles. The van der Waals surface area contributed by atoms with Crippen LogP contribution in [0.25, 0.3) is 109 Å². The summed E-state index contributed by atoms with van der Waals surface area (Å²) in [5, 5.41) is 7.60. The molecule has 0 fully saturated rings. The first kappa shape index (κ1) is 32.1. The van der Waals surface area contributed by atoms with Gasteiger partial charge in [-0.05, 0) is 101 Å². The SMILES string of the molecule is c1ccc(-c2cc(-c3ccccc3)cc(-c3cccc4c5ccccc5n(-c5ccc6sc7ccc(-n8c9ccccc9c9ccccc98)cc7c6c5)c34)c2)cc1. The van der Waals surface area contributed by atoms with Gasteiger partial charge in [0, 0.05) is 58.7 Å². The van der Waals surface area contributed by atoms with Crippen LogP contribution in [0.5, 0.6) is 0 Å². The van der Waals surface area contributed by atoms with Gasteiger partial charge >= 0.3 is 0 Å². The van der Waals surface area contributed by atoms with Crippen LogP contribution in [0.1, 0.15) is 0 Å². The highest BCUT2D eigenvalue weighted by Crippen LogP contribution is 2.43. The predicted octanol–water partition coefficient (Wildman–Crippen LogP) is 15.2. The predicted molar refractivity (Wildman–Crippen MR) is 244 cm³/mol. The first-order valence-electron chi connectivity index (χ1n) is 19.5. The number of rotatable bonds is 5. The summed E-state index contributed by atoms with van der Waals surface area (Å²) < 4.78 is 7.50. The molecule has 266 valence electrons. The maximum Gasteiger partial charge on any atom is 0.0619 e. The Morgan fingerprint density at radius 1 is 0.281 bits per heavy atom. The van der Waals surface area contributed by atoms with E-state index < -0.39 is 0 Å². The van der Waals surface area contributed by atoms with E-state index in [1.807, 2.05) is 11.3 Å². The van der Waals surface area contributed by atoms with E-state index in [9.17, 15) is 0 Å². The zero-order valence-electron chi connectivity index (χ0n) is 30.9. The molecule has 0 bridgehead atoms. The van der Waals surface area contributed by atoms with Crippen LogP contribution in [-0.2, 0) is 0 Å². The lowest BCUT2D eigenvalue weighted by Gasteiger charge is -2.15. The number of nitrogens with zero attached hydrogens (tertiary/aromatic N) is 2. The summed E-state index contributed by atoms with van der Waals surface area (Å²) in [4.78, 5) is 0. The van der Waals surface area contributed by atoms with Gasteiger partial charge in [-0.2, -0.15) is 0 Å². The van der Waals surface area contributed by atoms with E-state index in [2.05, 4.69) is 215 Å². The number of benzene rings is 9. The molecule has 0 saturated carbocycles. The van der Waals surface area contributed by atoms with Crippen molar-refractivity contribution in [3.8, 4) is 44.8 Å². The van der Waals surface area contributed by atoms with Crippen LogP contribution in [0.15, 0.2) is 206 Å². The van der Waals surface area contributed by atoms with Crippen LogP contribution in [0.4, 0.5) is 0 Å². The highest BCUT2D eigenvalue weighted by Gasteiger charge is 2.19. The zero-order valence-corrected chi connectivity index (χ0v) is 31.7. The molecule has 3 heterocycles. The molecule has 3 heteroatoms. The monoisotopic (exact) mass is 742 g/mol. The third kappa shape index (κ3) is 5.03. The smallest absolute Gasteiger partial charge is 0.0619 e. The Balaban J connectivity index is 1.10. The van der Waals surface area contributed by atoms with Gasteiger partial charge in [-0.3, -0.25) is 0 Å². The second-order valence-corrected chi connectivity index (χ2v) is 16.0. The zero-order chi connectivity index (χ0) is 37.5. The first-order chi connectivity index (χ1) is 28.3. The van der Waals surface area contributed by atoms with Gasteiger partial charge in [0.15, 0.2) is 0 Å². The van der Waals surface area contributed by atoms with Gasteiger partial charge in [0.1, 0.15) is 0 Å². The lowest BCUT2D eigenvalue weighted by atomic mass is 9.92. The molecule has 0 N–H and O–H groups in total. The van der Waals surface area contributed by atoms with E-state index in [0.29, 0.717) is 0 Å². The molecule has 0 aliphatic heterocycles. The van der Waals surface area contributed by atoms with Crippen LogP contribution in [-0.4, -0.2) is 9.13 Å². The van der Waals surface area contributed by atoms with Gasteiger partial charge in [0.2, 0.25) is 0 Å². The fraction of sp³-hybridized carbons (Fsp3) is 0. The van der Waals surface area contributed by atoms with Gasteiger partial charge in [-0.25, -0.2) is 0 Å². The van der Waals surface area contributed by atoms with Gasteiger partial charge in [-0.1, -0.05) is 133 Å². The summed E-state index contributed by atoms with van der Waals surface area (Å²) in [5.74, 6) is 0. The Morgan fingerprint density at radius 3 is 1.28 bits per heavy atom. The lowest BCUT2D eigenvalue weighted by molar-refractivity contribution is 1.18. The molecule has 0 aliphatic rings. The Bertz CT molecular complexity index is 3400. The fourth-order valence-corrected chi connectivity index (χ4v) is 10.2. The van der Waals surface area contributed by atoms with Crippen molar-refractivity contribution in [2.75, 3.05) is 0 Å². The Kier molecular flexibility index (Phi) is 7.13.